The number of rotatable bonds is 7. The average Bonchev–Trinajstić information content (AvgIpc) is 3.25. The van der Waals surface area contributed by atoms with E-state index in [1.807, 2.05) is 24.9 Å². The molecule has 1 N–H and O–H groups in total. The number of aryl methyl sites for hydroxylation is 1. The Balaban J connectivity index is 1.64. The van der Waals surface area contributed by atoms with Gasteiger partial charge in [-0.1, -0.05) is 32.0 Å². The van der Waals surface area contributed by atoms with Crippen molar-refractivity contribution >= 4 is 29.2 Å². The number of amides is 2. The largest absolute Gasteiger partial charge is 0.371 e. The molecule has 29 heavy (non-hydrogen) atoms. The molecule has 1 atom stereocenters. The highest BCUT2D eigenvalue weighted by Crippen LogP contribution is 2.29. The molecule has 1 unspecified atom stereocenters. The normalized spacial score (nSPS) is 14.7. The van der Waals surface area contributed by atoms with E-state index in [9.17, 15) is 4.79 Å². The number of hydrogen-bond acceptors (Lipinski definition) is 3. The van der Waals surface area contributed by atoms with Gasteiger partial charge in [-0.3, -0.25) is 0 Å². The van der Waals surface area contributed by atoms with Crippen LogP contribution in [0.3, 0.4) is 0 Å². The first-order valence-corrected chi connectivity index (χ1v) is 11.5. The van der Waals surface area contributed by atoms with Gasteiger partial charge >= 0.3 is 6.03 Å². The molecule has 1 aliphatic heterocycles. The summed E-state index contributed by atoms with van der Waals surface area (Å²) in [6.07, 6.45) is 3.64. The third-order valence-electron chi connectivity index (χ3n) is 5.54. The van der Waals surface area contributed by atoms with Crippen molar-refractivity contribution in [1.29, 1.82) is 0 Å². The van der Waals surface area contributed by atoms with Crippen LogP contribution in [0.2, 0.25) is 0 Å². The predicted octanol–water partition coefficient (Wildman–Crippen LogP) is 6.15. The Hall–Kier alpha value is -2.14. The Labute approximate surface area is 179 Å². The van der Waals surface area contributed by atoms with Crippen molar-refractivity contribution in [2.75, 3.05) is 30.4 Å². The molecular formula is C24H33N3OS. The van der Waals surface area contributed by atoms with Crippen LogP contribution in [0.25, 0.3) is 0 Å². The van der Waals surface area contributed by atoms with Crippen LogP contribution in [0, 0.1) is 6.92 Å². The zero-order chi connectivity index (χ0) is 20.8. The molecule has 0 radical (unpaired) electrons. The smallest absolute Gasteiger partial charge is 0.321 e. The zero-order valence-corrected chi connectivity index (χ0v) is 18.9. The molecular weight excluding hydrogens is 378 g/mol. The maximum Gasteiger partial charge on any atom is 0.321 e. The van der Waals surface area contributed by atoms with E-state index in [1.165, 1.54) is 29.0 Å². The van der Waals surface area contributed by atoms with Crippen LogP contribution in [0.5, 0.6) is 0 Å². The fourth-order valence-electron chi connectivity index (χ4n) is 3.61. The molecule has 4 nitrogen and oxygen atoms in total. The average molecular weight is 412 g/mol. The Morgan fingerprint density at radius 3 is 2.62 bits per heavy atom. The molecule has 3 rings (SSSR count). The topological polar surface area (TPSA) is 35.6 Å². The maximum absolute atomic E-state index is 12.8. The van der Waals surface area contributed by atoms with Gasteiger partial charge in [-0.25, -0.2) is 4.79 Å². The molecule has 1 fully saturated rings. The lowest BCUT2D eigenvalue weighted by molar-refractivity contribution is 0.220. The number of nitrogens with one attached hydrogen (secondary N) is 1. The van der Waals surface area contributed by atoms with Gasteiger partial charge in [0, 0.05) is 48.2 Å². The Morgan fingerprint density at radius 1 is 1.21 bits per heavy atom. The first-order chi connectivity index (χ1) is 14.0. The number of urea groups is 1. The van der Waals surface area contributed by atoms with Crippen LogP contribution < -0.4 is 10.2 Å². The summed E-state index contributed by atoms with van der Waals surface area (Å²) in [6, 6.07) is 14.6. The zero-order valence-electron chi connectivity index (χ0n) is 18.1. The molecule has 156 valence electrons. The minimum absolute atomic E-state index is 0.0772. The van der Waals surface area contributed by atoms with Crippen molar-refractivity contribution < 1.29 is 4.79 Å². The van der Waals surface area contributed by atoms with Crippen LogP contribution in [-0.4, -0.2) is 36.3 Å². The first kappa shape index (κ1) is 21.6. The number of benzene rings is 2. The lowest BCUT2D eigenvalue weighted by atomic mass is 10.1. The predicted molar refractivity (Wildman–Crippen MR) is 125 cm³/mol. The number of thioether (sulfide) groups is 1. The molecule has 2 amide bonds. The molecule has 2 aromatic rings. The van der Waals surface area contributed by atoms with Crippen molar-refractivity contribution in [3.63, 3.8) is 0 Å². The standard InChI is InChI=1S/C24H33N3OS/c1-5-19(3)29-21-12-13-22(18(2)16-21)25-24(28)26(4)17-20-10-6-7-11-23(20)27-14-8-9-15-27/h6-7,10-13,16,19H,5,8-9,14-15,17H2,1-4H3,(H,25,28). The fourth-order valence-corrected chi connectivity index (χ4v) is 4.64. The van der Waals surface area contributed by atoms with Gasteiger partial charge in [-0.05, 0) is 61.6 Å². The second kappa shape index (κ2) is 10.1. The van der Waals surface area contributed by atoms with E-state index in [2.05, 4.69) is 67.4 Å². The molecule has 5 heteroatoms. The quantitative estimate of drug-likeness (QED) is 0.555. The summed E-state index contributed by atoms with van der Waals surface area (Å²) >= 11 is 1.88. The Bertz CT molecular complexity index is 833. The number of nitrogens with zero attached hydrogens (tertiary/aromatic N) is 2. The van der Waals surface area contributed by atoms with Gasteiger partial charge < -0.3 is 15.1 Å². The number of para-hydroxylation sites is 1. The minimum atomic E-state index is -0.0772. The summed E-state index contributed by atoms with van der Waals surface area (Å²) in [7, 11) is 1.86. The van der Waals surface area contributed by atoms with E-state index < -0.39 is 0 Å². The summed E-state index contributed by atoms with van der Waals surface area (Å²) in [5, 5.41) is 3.67. The van der Waals surface area contributed by atoms with E-state index in [4.69, 9.17) is 0 Å². The molecule has 0 saturated carbocycles. The van der Waals surface area contributed by atoms with Gasteiger partial charge in [0.15, 0.2) is 0 Å². The van der Waals surface area contributed by atoms with Crippen molar-refractivity contribution in [1.82, 2.24) is 4.90 Å². The second-order valence-corrected chi connectivity index (χ2v) is 9.43. The van der Waals surface area contributed by atoms with Gasteiger partial charge in [0.1, 0.15) is 0 Å². The SMILES string of the molecule is CCC(C)Sc1ccc(NC(=O)N(C)Cc2ccccc2N2CCCC2)c(C)c1. The second-order valence-electron chi connectivity index (χ2n) is 7.92. The summed E-state index contributed by atoms with van der Waals surface area (Å²) in [5.74, 6) is 0. The summed E-state index contributed by atoms with van der Waals surface area (Å²) in [4.78, 5) is 18.2. The Kier molecular flexibility index (Phi) is 7.48. The van der Waals surface area contributed by atoms with Gasteiger partial charge in [-0.15, -0.1) is 11.8 Å². The molecule has 0 aromatic heterocycles. The van der Waals surface area contributed by atoms with Gasteiger partial charge in [0.2, 0.25) is 0 Å². The molecule has 1 heterocycles. The van der Waals surface area contributed by atoms with E-state index >= 15 is 0 Å². The number of carbonyl (C=O) groups is 1. The van der Waals surface area contributed by atoms with Crippen LogP contribution in [0.1, 0.15) is 44.2 Å². The summed E-state index contributed by atoms with van der Waals surface area (Å²) in [6.45, 7) is 9.31. The summed E-state index contributed by atoms with van der Waals surface area (Å²) in [5.41, 5.74) is 4.43. The molecule has 1 aliphatic rings. The minimum Gasteiger partial charge on any atom is -0.371 e. The van der Waals surface area contributed by atoms with E-state index in [0.29, 0.717) is 11.8 Å². The van der Waals surface area contributed by atoms with Crippen LogP contribution in [0.15, 0.2) is 47.4 Å². The molecule has 0 bridgehead atoms. The molecule has 0 spiro atoms. The van der Waals surface area contributed by atoms with Crippen molar-refractivity contribution in [2.24, 2.45) is 0 Å². The third kappa shape index (κ3) is 5.69. The first-order valence-electron chi connectivity index (χ1n) is 10.6. The van der Waals surface area contributed by atoms with Crippen LogP contribution in [0.4, 0.5) is 16.2 Å². The lowest BCUT2D eigenvalue weighted by Crippen LogP contribution is -2.32. The van der Waals surface area contributed by atoms with E-state index in [0.717, 1.165) is 30.8 Å². The summed E-state index contributed by atoms with van der Waals surface area (Å²) < 4.78 is 0. The van der Waals surface area contributed by atoms with Gasteiger partial charge in [0.25, 0.3) is 0 Å². The Morgan fingerprint density at radius 2 is 1.93 bits per heavy atom. The van der Waals surface area contributed by atoms with Gasteiger partial charge in [0.05, 0.1) is 0 Å². The molecule has 1 saturated heterocycles. The van der Waals surface area contributed by atoms with E-state index in [1.54, 1.807) is 4.90 Å². The maximum atomic E-state index is 12.8. The lowest BCUT2D eigenvalue weighted by Gasteiger charge is -2.25. The highest BCUT2D eigenvalue weighted by Gasteiger charge is 2.18. The number of carbonyl (C=O) groups excluding carboxylic acids is 1. The van der Waals surface area contributed by atoms with Gasteiger partial charge in [-0.2, -0.15) is 0 Å². The van der Waals surface area contributed by atoms with Crippen molar-refractivity contribution in [3.8, 4) is 0 Å². The van der Waals surface area contributed by atoms with Crippen molar-refractivity contribution in [2.45, 2.75) is 56.7 Å². The third-order valence-corrected chi connectivity index (χ3v) is 6.81. The highest BCUT2D eigenvalue weighted by atomic mass is 32.2. The highest BCUT2D eigenvalue weighted by molar-refractivity contribution is 7.99. The van der Waals surface area contributed by atoms with Crippen LogP contribution in [-0.2, 0) is 6.54 Å². The fraction of sp³-hybridized carbons (Fsp3) is 0.458. The van der Waals surface area contributed by atoms with Crippen LogP contribution >= 0.6 is 11.8 Å². The molecule has 2 aromatic carbocycles. The monoisotopic (exact) mass is 411 g/mol. The number of hydrogen-bond donors (Lipinski definition) is 1. The van der Waals surface area contributed by atoms with E-state index in [-0.39, 0.29) is 6.03 Å². The van der Waals surface area contributed by atoms with Crippen molar-refractivity contribution in [3.05, 3.63) is 53.6 Å². The molecule has 0 aliphatic carbocycles. The number of anilines is 2.